The van der Waals surface area contributed by atoms with E-state index in [1.165, 1.54) is 19.5 Å². The molecule has 0 bridgehead atoms. The molecule has 9 heteroatoms. The minimum absolute atomic E-state index is 0.00982. The molecule has 2 atom stereocenters. The number of carbonyl (C=O) groups is 2. The molecule has 0 saturated carbocycles. The summed E-state index contributed by atoms with van der Waals surface area (Å²) in [7, 11) is 1.31. The van der Waals surface area contributed by atoms with Crippen molar-refractivity contribution in [2.75, 3.05) is 20.3 Å². The maximum Gasteiger partial charge on any atom is 0.306 e. The highest BCUT2D eigenvalue weighted by molar-refractivity contribution is 5.94. The first-order valence-electron chi connectivity index (χ1n) is 9.08. The van der Waals surface area contributed by atoms with Crippen LogP contribution in [0.15, 0.2) is 36.7 Å². The minimum atomic E-state index is -0.862. The van der Waals surface area contributed by atoms with Crippen molar-refractivity contribution in [1.82, 2.24) is 15.3 Å². The number of hydrogen-bond donors (Lipinski definition) is 3. The highest BCUT2D eigenvalue weighted by atomic mass is 16.5. The summed E-state index contributed by atoms with van der Waals surface area (Å²) in [6.07, 6.45) is 3.01. The van der Waals surface area contributed by atoms with Crippen molar-refractivity contribution in [3.8, 4) is 17.1 Å². The number of nitrogens with one attached hydrogen (secondary N) is 2. The Morgan fingerprint density at radius 1 is 1.31 bits per heavy atom. The summed E-state index contributed by atoms with van der Waals surface area (Å²) in [6, 6.07) is 7.23. The number of ether oxygens (including phenoxy) is 2. The molecule has 1 saturated heterocycles. The molecular weight excluding hydrogens is 374 g/mol. The molecule has 1 amide bonds. The zero-order valence-electron chi connectivity index (χ0n) is 16.3. The van der Waals surface area contributed by atoms with E-state index in [4.69, 9.17) is 20.6 Å². The van der Waals surface area contributed by atoms with E-state index < -0.39 is 11.4 Å². The molecule has 1 aromatic heterocycles. The molecule has 2 heterocycles. The van der Waals surface area contributed by atoms with E-state index >= 15 is 0 Å². The van der Waals surface area contributed by atoms with Crippen molar-refractivity contribution in [3.63, 3.8) is 0 Å². The Balaban J connectivity index is 1.64. The zero-order chi connectivity index (χ0) is 21.0. The number of benzene rings is 1. The van der Waals surface area contributed by atoms with Crippen LogP contribution in [0.1, 0.15) is 18.9 Å². The number of carbonyl (C=O) groups excluding carboxylic acids is 2. The van der Waals surface area contributed by atoms with Crippen molar-refractivity contribution in [3.05, 3.63) is 42.2 Å². The summed E-state index contributed by atoms with van der Waals surface area (Å²) < 4.78 is 10.6. The smallest absolute Gasteiger partial charge is 0.306 e. The minimum Gasteiger partial charge on any atom is -0.493 e. The average molecular weight is 397 g/mol. The molecule has 2 aromatic rings. The first-order valence-corrected chi connectivity index (χ1v) is 9.08. The Hall–Kier alpha value is -3.49. The van der Waals surface area contributed by atoms with Gasteiger partial charge in [0.05, 0.1) is 31.1 Å². The third-order valence-corrected chi connectivity index (χ3v) is 5.19. The number of aromatic nitrogens is 2. The first-order chi connectivity index (χ1) is 13.8. The fourth-order valence-corrected chi connectivity index (χ4v) is 3.18. The number of hydrogen-bond acceptors (Lipinski definition) is 7. The number of nitrogens with zero attached hydrogens (tertiary/aromatic N) is 2. The van der Waals surface area contributed by atoms with Crippen molar-refractivity contribution >= 4 is 17.7 Å². The molecule has 1 fully saturated rings. The van der Waals surface area contributed by atoms with Crippen LogP contribution in [0, 0.1) is 16.7 Å². The van der Waals surface area contributed by atoms with Crippen LogP contribution >= 0.6 is 0 Å². The number of methoxy groups -OCH3 is 1. The lowest BCUT2D eigenvalue weighted by Crippen LogP contribution is -2.37. The summed E-state index contributed by atoms with van der Waals surface area (Å²) in [6.45, 7) is 2.49. The highest BCUT2D eigenvalue weighted by Gasteiger charge is 2.48. The topological polar surface area (TPSA) is 140 Å². The van der Waals surface area contributed by atoms with Gasteiger partial charge in [-0.15, -0.1) is 0 Å². The second-order valence-electron chi connectivity index (χ2n) is 7.12. The van der Waals surface area contributed by atoms with Crippen molar-refractivity contribution in [2.45, 2.75) is 13.3 Å². The van der Waals surface area contributed by atoms with Crippen LogP contribution in [0.2, 0.25) is 0 Å². The highest BCUT2D eigenvalue weighted by Crippen LogP contribution is 2.36. The van der Waals surface area contributed by atoms with Gasteiger partial charge >= 0.3 is 5.97 Å². The van der Waals surface area contributed by atoms with E-state index in [0.29, 0.717) is 23.7 Å². The fraction of sp³-hybridized carbons (Fsp3) is 0.350. The van der Waals surface area contributed by atoms with Crippen molar-refractivity contribution in [2.24, 2.45) is 17.1 Å². The average Bonchev–Trinajstić information content (AvgIpc) is 3.00. The summed E-state index contributed by atoms with van der Waals surface area (Å²) in [5, 5.41) is 10.2. The number of rotatable bonds is 7. The van der Waals surface area contributed by atoms with Crippen LogP contribution in [0.4, 0.5) is 0 Å². The molecular formula is C20H23N5O4. The lowest BCUT2D eigenvalue weighted by Gasteiger charge is -2.27. The summed E-state index contributed by atoms with van der Waals surface area (Å²) in [4.78, 5) is 32.3. The number of amides is 1. The third kappa shape index (κ3) is 4.34. The molecule has 9 nitrogen and oxygen atoms in total. The Morgan fingerprint density at radius 3 is 2.55 bits per heavy atom. The summed E-state index contributed by atoms with van der Waals surface area (Å²) >= 11 is 0. The third-order valence-electron chi connectivity index (χ3n) is 5.19. The molecule has 1 aromatic carbocycles. The second kappa shape index (κ2) is 8.26. The Morgan fingerprint density at radius 2 is 1.97 bits per heavy atom. The molecule has 3 rings (SSSR count). The zero-order valence-corrected chi connectivity index (χ0v) is 16.3. The maximum atomic E-state index is 12.2. The normalized spacial score (nSPS) is 20.8. The molecule has 4 N–H and O–H groups in total. The molecule has 1 aliphatic rings. The van der Waals surface area contributed by atoms with Gasteiger partial charge in [-0.25, -0.2) is 9.97 Å². The van der Waals surface area contributed by atoms with Gasteiger partial charge in [0.1, 0.15) is 11.6 Å². The number of esters is 1. The van der Waals surface area contributed by atoms with Crippen LogP contribution in [-0.2, 0) is 14.3 Å². The molecule has 29 heavy (non-hydrogen) atoms. The van der Waals surface area contributed by atoms with E-state index in [1.807, 2.05) is 12.1 Å². The predicted molar refractivity (Wildman–Crippen MR) is 105 cm³/mol. The van der Waals surface area contributed by atoms with Gasteiger partial charge in [-0.1, -0.05) is 0 Å². The number of nitrogen functional groups attached to an aromatic ring is 1. The monoisotopic (exact) mass is 397 g/mol. The van der Waals surface area contributed by atoms with Gasteiger partial charge in [0.2, 0.25) is 5.91 Å². The van der Waals surface area contributed by atoms with E-state index in [0.717, 1.165) is 5.56 Å². The van der Waals surface area contributed by atoms with Gasteiger partial charge in [-0.3, -0.25) is 15.0 Å². The van der Waals surface area contributed by atoms with E-state index in [9.17, 15) is 9.59 Å². The van der Waals surface area contributed by atoms with Crippen molar-refractivity contribution in [1.29, 1.82) is 5.41 Å². The predicted octanol–water partition coefficient (Wildman–Crippen LogP) is 1.12. The first kappa shape index (κ1) is 20.2. The second-order valence-corrected chi connectivity index (χ2v) is 7.12. The van der Waals surface area contributed by atoms with Gasteiger partial charge in [0.25, 0.3) is 0 Å². The molecule has 152 valence electrons. The van der Waals surface area contributed by atoms with Gasteiger partial charge in [0, 0.05) is 30.4 Å². The van der Waals surface area contributed by atoms with E-state index in [-0.39, 0.29) is 30.7 Å². The van der Waals surface area contributed by atoms with E-state index in [2.05, 4.69) is 15.3 Å². The molecule has 1 aliphatic heterocycles. The lowest BCUT2D eigenvalue weighted by molar-refractivity contribution is -0.147. The van der Waals surface area contributed by atoms with Gasteiger partial charge in [-0.2, -0.15) is 0 Å². The largest absolute Gasteiger partial charge is 0.493 e. The summed E-state index contributed by atoms with van der Waals surface area (Å²) in [5.74, 6) is 0.315. The summed E-state index contributed by atoms with van der Waals surface area (Å²) in [5.41, 5.74) is 5.80. The molecule has 0 radical (unpaired) electrons. The van der Waals surface area contributed by atoms with Crippen LogP contribution in [-0.4, -0.2) is 47.9 Å². The Bertz CT molecular complexity index is 913. The van der Waals surface area contributed by atoms with E-state index in [1.54, 1.807) is 19.1 Å². The standard InChI is InChI=1S/C20H23N5O4/c1-20(7-16(26)28-2)14(10-25-19(20)27)11-29-15-5-3-12(4-6-15)18-23-8-13(9-24-18)17(21)22/h3-6,8-9,14H,7,10-11H2,1-2H3,(H3,21,22)(H,25,27)/t14-,20-/m1/s1. The number of nitrogens with two attached hydrogens (primary N) is 1. The lowest BCUT2D eigenvalue weighted by atomic mass is 9.77. The quantitative estimate of drug-likeness (QED) is 0.361. The van der Waals surface area contributed by atoms with Crippen LogP contribution < -0.4 is 15.8 Å². The number of amidine groups is 1. The maximum absolute atomic E-state index is 12.2. The molecule has 0 unspecified atom stereocenters. The van der Waals surface area contributed by atoms with Crippen LogP contribution in [0.3, 0.4) is 0 Å². The fourth-order valence-electron chi connectivity index (χ4n) is 3.18. The Labute approximate surface area is 168 Å². The van der Waals surface area contributed by atoms with Crippen LogP contribution in [0.5, 0.6) is 5.75 Å². The van der Waals surface area contributed by atoms with Gasteiger partial charge in [-0.05, 0) is 31.2 Å². The van der Waals surface area contributed by atoms with Crippen molar-refractivity contribution < 1.29 is 19.1 Å². The Kier molecular flexibility index (Phi) is 5.76. The van der Waals surface area contributed by atoms with Gasteiger partial charge < -0.3 is 20.5 Å². The molecule has 0 aliphatic carbocycles. The molecule has 0 spiro atoms. The van der Waals surface area contributed by atoms with Gasteiger partial charge in [0.15, 0.2) is 5.82 Å². The SMILES string of the molecule is COC(=O)C[C@@]1(C)C(=O)NC[C@@H]1COc1ccc(-c2ncc(C(=N)N)cn2)cc1. The van der Waals surface area contributed by atoms with Crippen LogP contribution in [0.25, 0.3) is 11.4 Å².